The lowest BCUT2D eigenvalue weighted by Crippen LogP contribution is -2.43. The van der Waals surface area contributed by atoms with Crippen molar-refractivity contribution in [2.45, 2.75) is 47.4 Å². The molecule has 0 radical (unpaired) electrons. The number of nitrogens with one attached hydrogen (secondary N) is 1. The van der Waals surface area contributed by atoms with E-state index in [2.05, 4.69) is 17.4 Å². The molecule has 2 aromatic carbocycles. The summed E-state index contributed by atoms with van der Waals surface area (Å²) in [6, 6.07) is 17.2. The fourth-order valence-electron chi connectivity index (χ4n) is 3.38. The molecule has 3 rings (SSSR count). The first-order valence-electron chi connectivity index (χ1n) is 8.56. The highest BCUT2D eigenvalue weighted by Gasteiger charge is 2.33. The van der Waals surface area contributed by atoms with Crippen molar-refractivity contribution in [3.63, 3.8) is 0 Å². The summed E-state index contributed by atoms with van der Waals surface area (Å²) < 4.78 is 23.8. The maximum atomic E-state index is 11.9. The second-order valence-corrected chi connectivity index (χ2v) is 9.19. The lowest BCUT2D eigenvalue weighted by Gasteiger charge is -2.39. The van der Waals surface area contributed by atoms with Gasteiger partial charge in [0.2, 0.25) is 10.0 Å². The zero-order chi connectivity index (χ0) is 17.8. The highest BCUT2D eigenvalue weighted by Crippen LogP contribution is 2.37. The fourth-order valence-corrected chi connectivity index (χ4v) is 5.22. The second-order valence-electron chi connectivity index (χ2n) is 6.61. The maximum absolute atomic E-state index is 11.9. The molecule has 0 spiro atoms. The topological polar surface area (TPSA) is 72.2 Å². The first-order valence-corrected chi connectivity index (χ1v) is 11.1. The van der Waals surface area contributed by atoms with Crippen molar-refractivity contribution >= 4 is 27.5 Å². The summed E-state index contributed by atoms with van der Waals surface area (Å²) in [5.41, 5.74) is 0.500. The Labute approximate surface area is 154 Å². The molecule has 0 amide bonds. The van der Waals surface area contributed by atoms with Crippen LogP contribution in [0.5, 0.6) is 0 Å². The van der Waals surface area contributed by atoms with E-state index in [0.29, 0.717) is 5.69 Å². The molecule has 1 aliphatic carbocycles. The molecule has 1 fully saturated rings. The zero-order valence-corrected chi connectivity index (χ0v) is 15.8. The Balaban J connectivity index is 1.84. The highest BCUT2D eigenvalue weighted by atomic mass is 32.2. The molecule has 134 valence electrons. The predicted molar refractivity (Wildman–Crippen MR) is 104 cm³/mol. The van der Waals surface area contributed by atoms with Crippen molar-refractivity contribution in [3.05, 3.63) is 54.6 Å². The minimum atomic E-state index is -3.75. The maximum Gasteiger partial charge on any atom is 0.240 e. The van der Waals surface area contributed by atoms with Crippen LogP contribution in [0.15, 0.2) is 64.4 Å². The summed E-state index contributed by atoms with van der Waals surface area (Å²) >= 11 is 1.82. The average Bonchev–Trinajstić information content (AvgIpc) is 2.61. The second kappa shape index (κ2) is 7.81. The van der Waals surface area contributed by atoms with Crippen LogP contribution in [0.4, 0.5) is 5.69 Å². The zero-order valence-electron chi connectivity index (χ0n) is 14.1. The quantitative estimate of drug-likeness (QED) is 0.740. The normalized spacial score (nSPS) is 17.2. The molecule has 1 aliphatic rings. The SMILES string of the molecule is NS(=O)(=O)c1ccccc1NC1(CSc2ccccc2)CCCCC1. The largest absolute Gasteiger partial charge is 0.378 e. The molecule has 0 aliphatic heterocycles. The van der Waals surface area contributed by atoms with Gasteiger partial charge in [-0.15, -0.1) is 11.8 Å². The smallest absolute Gasteiger partial charge is 0.240 e. The molecular weight excluding hydrogens is 352 g/mol. The molecule has 0 atom stereocenters. The van der Waals surface area contributed by atoms with Crippen LogP contribution in [0.2, 0.25) is 0 Å². The third-order valence-corrected chi connectivity index (χ3v) is 6.93. The first-order chi connectivity index (χ1) is 12.0. The third kappa shape index (κ3) is 4.77. The van der Waals surface area contributed by atoms with E-state index in [4.69, 9.17) is 5.14 Å². The van der Waals surface area contributed by atoms with Crippen LogP contribution < -0.4 is 10.5 Å². The van der Waals surface area contributed by atoms with E-state index >= 15 is 0 Å². The number of sulfonamides is 1. The van der Waals surface area contributed by atoms with Crippen molar-refractivity contribution in [2.24, 2.45) is 5.14 Å². The van der Waals surface area contributed by atoms with E-state index in [-0.39, 0.29) is 10.4 Å². The van der Waals surface area contributed by atoms with Gasteiger partial charge in [-0.3, -0.25) is 0 Å². The third-order valence-electron chi connectivity index (χ3n) is 4.66. The molecule has 0 unspecified atom stereocenters. The Morgan fingerprint density at radius 3 is 2.28 bits per heavy atom. The van der Waals surface area contributed by atoms with E-state index in [1.54, 1.807) is 12.1 Å². The molecular formula is C19H24N2O2S2. The lowest BCUT2D eigenvalue weighted by atomic mass is 9.83. The first kappa shape index (κ1) is 18.3. The van der Waals surface area contributed by atoms with Crippen LogP contribution in [0, 0.1) is 0 Å². The van der Waals surface area contributed by atoms with Gasteiger partial charge >= 0.3 is 0 Å². The van der Waals surface area contributed by atoms with Crippen molar-refractivity contribution in [1.29, 1.82) is 0 Å². The monoisotopic (exact) mass is 376 g/mol. The average molecular weight is 377 g/mol. The van der Waals surface area contributed by atoms with Crippen LogP contribution in [0.25, 0.3) is 0 Å². The number of benzene rings is 2. The summed E-state index contributed by atoms with van der Waals surface area (Å²) in [5.74, 6) is 0.899. The van der Waals surface area contributed by atoms with Gasteiger partial charge in [0.05, 0.1) is 5.69 Å². The van der Waals surface area contributed by atoms with Crippen molar-refractivity contribution in [2.75, 3.05) is 11.1 Å². The number of rotatable bonds is 6. The number of primary sulfonamides is 1. The van der Waals surface area contributed by atoms with Gasteiger partial charge in [-0.05, 0) is 37.1 Å². The summed E-state index contributed by atoms with van der Waals surface area (Å²) in [4.78, 5) is 1.40. The number of hydrogen-bond acceptors (Lipinski definition) is 4. The van der Waals surface area contributed by atoms with Crippen LogP contribution >= 0.6 is 11.8 Å². The highest BCUT2D eigenvalue weighted by molar-refractivity contribution is 7.99. The Hall–Kier alpha value is -1.50. The number of hydrogen-bond donors (Lipinski definition) is 2. The summed E-state index contributed by atoms with van der Waals surface area (Å²) in [7, 11) is -3.75. The van der Waals surface area contributed by atoms with Gasteiger partial charge in [0, 0.05) is 16.2 Å². The minimum Gasteiger partial charge on any atom is -0.378 e. The van der Waals surface area contributed by atoms with Gasteiger partial charge in [0.15, 0.2) is 0 Å². The van der Waals surface area contributed by atoms with Crippen LogP contribution in [-0.2, 0) is 10.0 Å². The standard InChI is InChI=1S/C19H24N2O2S2/c20-25(22,23)18-12-6-5-11-17(18)21-19(13-7-2-8-14-19)15-24-16-9-3-1-4-10-16/h1,3-6,9-12,21H,2,7-8,13-15H2,(H2,20,22,23). The molecule has 2 aromatic rings. The van der Waals surface area contributed by atoms with Crippen molar-refractivity contribution < 1.29 is 8.42 Å². The molecule has 0 bridgehead atoms. The number of nitrogens with two attached hydrogens (primary N) is 1. The summed E-state index contributed by atoms with van der Waals surface area (Å²) in [6.45, 7) is 0. The molecule has 4 nitrogen and oxygen atoms in total. The van der Waals surface area contributed by atoms with Crippen molar-refractivity contribution in [3.8, 4) is 0 Å². The van der Waals surface area contributed by atoms with Crippen molar-refractivity contribution in [1.82, 2.24) is 0 Å². The minimum absolute atomic E-state index is 0.112. The van der Waals surface area contributed by atoms with Gasteiger partial charge < -0.3 is 5.32 Å². The van der Waals surface area contributed by atoms with E-state index in [1.807, 2.05) is 42.1 Å². The van der Waals surface area contributed by atoms with Crippen LogP contribution in [0.1, 0.15) is 32.1 Å². The van der Waals surface area contributed by atoms with Crippen LogP contribution in [0.3, 0.4) is 0 Å². The Bertz CT molecular complexity index is 801. The van der Waals surface area contributed by atoms with E-state index < -0.39 is 10.0 Å². The molecule has 0 saturated heterocycles. The lowest BCUT2D eigenvalue weighted by molar-refractivity contribution is 0.354. The van der Waals surface area contributed by atoms with Gasteiger partial charge in [0.25, 0.3) is 0 Å². The summed E-state index contributed by atoms with van der Waals surface area (Å²) in [6.07, 6.45) is 5.60. The van der Waals surface area contributed by atoms with Gasteiger partial charge in [-0.1, -0.05) is 49.6 Å². The molecule has 6 heteroatoms. The molecule has 3 N–H and O–H groups in total. The summed E-state index contributed by atoms with van der Waals surface area (Å²) in [5, 5.41) is 8.96. The van der Waals surface area contributed by atoms with Gasteiger partial charge in [-0.2, -0.15) is 0 Å². The Morgan fingerprint density at radius 2 is 1.60 bits per heavy atom. The van der Waals surface area contributed by atoms with Crippen LogP contribution in [-0.4, -0.2) is 19.7 Å². The van der Waals surface area contributed by atoms with E-state index in [9.17, 15) is 8.42 Å². The number of anilines is 1. The van der Waals surface area contributed by atoms with Gasteiger partial charge in [-0.25, -0.2) is 13.6 Å². The number of para-hydroxylation sites is 1. The predicted octanol–water partition coefficient (Wildman–Crippen LogP) is 4.24. The molecule has 1 saturated carbocycles. The van der Waals surface area contributed by atoms with E-state index in [0.717, 1.165) is 31.4 Å². The molecule has 0 heterocycles. The molecule has 25 heavy (non-hydrogen) atoms. The number of thioether (sulfide) groups is 1. The fraction of sp³-hybridized carbons (Fsp3) is 0.368. The Kier molecular flexibility index (Phi) is 5.71. The van der Waals surface area contributed by atoms with E-state index in [1.165, 1.54) is 11.3 Å². The van der Waals surface area contributed by atoms with Gasteiger partial charge in [0.1, 0.15) is 4.90 Å². The molecule has 0 aromatic heterocycles. The Morgan fingerprint density at radius 1 is 0.960 bits per heavy atom.